The van der Waals surface area contributed by atoms with Gasteiger partial charge in [0.05, 0.1) is 4.90 Å². The molecule has 0 fully saturated rings. The second-order valence-electron chi connectivity index (χ2n) is 9.86. The van der Waals surface area contributed by atoms with Gasteiger partial charge in [-0.2, -0.15) is 4.31 Å². The lowest BCUT2D eigenvalue weighted by atomic mass is 9.91. The molecule has 1 N–H and O–H groups in total. The van der Waals surface area contributed by atoms with E-state index in [1.165, 1.54) is 16.4 Å². The molecule has 1 amide bonds. The normalized spacial score (nSPS) is 20.9. The molecule has 2 aromatic carbocycles. The summed E-state index contributed by atoms with van der Waals surface area (Å²) >= 11 is 0. The molecule has 2 aromatic rings. The number of fused-ring (bicyclic) bond motifs is 2. The van der Waals surface area contributed by atoms with Crippen LogP contribution in [0.3, 0.4) is 0 Å². The SMILES string of the molecule is CN1CCc2c(cccc2C(O)C(=O)N2CC3=C(C2)CN(S(=O)(=O)c2ccc4c(c2)OCCO4)C3)C1. The molecule has 4 aliphatic rings. The maximum absolute atomic E-state index is 13.3. The van der Waals surface area contributed by atoms with Gasteiger partial charge in [-0.3, -0.25) is 4.79 Å². The number of sulfonamides is 1. The summed E-state index contributed by atoms with van der Waals surface area (Å²) < 4.78 is 39.1. The van der Waals surface area contributed by atoms with E-state index in [2.05, 4.69) is 11.9 Å². The van der Waals surface area contributed by atoms with Crippen LogP contribution in [0.15, 0.2) is 52.4 Å². The molecule has 0 saturated carbocycles. The predicted molar refractivity (Wildman–Crippen MR) is 131 cm³/mol. The minimum Gasteiger partial charge on any atom is -0.486 e. The molecule has 0 saturated heterocycles. The fourth-order valence-corrected chi connectivity index (χ4v) is 6.99. The summed E-state index contributed by atoms with van der Waals surface area (Å²) in [6.45, 7) is 3.64. The lowest BCUT2D eigenvalue weighted by Crippen LogP contribution is -2.39. The molecule has 4 aliphatic heterocycles. The summed E-state index contributed by atoms with van der Waals surface area (Å²) in [4.78, 5) is 17.3. The van der Waals surface area contributed by atoms with Crippen LogP contribution in [0.25, 0.3) is 0 Å². The van der Waals surface area contributed by atoms with Crippen LogP contribution in [-0.2, 0) is 27.8 Å². The highest BCUT2D eigenvalue weighted by molar-refractivity contribution is 7.89. The number of hydrogen-bond donors (Lipinski definition) is 1. The number of aliphatic hydroxyl groups excluding tert-OH is 1. The van der Waals surface area contributed by atoms with E-state index >= 15 is 0 Å². The Morgan fingerprint density at radius 2 is 1.69 bits per heavy atom. The predicted octanol–water partition coefficient (Wildman–Crippen LogP) is 1.32. The topological polar surface area (TPSA) is 99.6 Å². The van der Waals surface area contributed by atoms with Gasteiger partial charge in [-0.25, -0.2) is 8.42 Å². The van der Waals surface area contributed by atoms with Gasteiger partial charge in [0.2, 0.25) is 10.0 Å². The van der Waals surface area contributed by atoms with Crippen molar-refractivity contribution < 1.29 is 27.8 Å². The van der Waals surface area contributed by atoms with Crippen molar-refractivity contribution in [1.29, 1.82) is 0 Å². The number of hydrogen-bond acceptors (Lipinski definition) is 7. The van der Waals surface area contributed by atoms with Gasteiger partial charge in [-0.05, 0) is 53.4 Å². The van der Waals surface area contributed by atoms with Gasteiger partial charge in [0, 0.05) is 45.3 Å². The van der Waals surface area contributed by atoms with E-state index in [1.807, 2.05) is 18.2 Å². The molecule has 0 bridgehead atoms. The summed E-state index contributed by atoms with van der Waals surface area (Å²) in [6.07, 6.45) is -0.422. The smallest absolute Gasteiger partial charge is 0.256 e. The zero-order valence-electron chi connectivity index (χ0n) is 20.1. The molecular weight excluding hydrogens is 482 g/mol. The zero-order chi connectivity index (χ0) is 25.0. The third-order valence-electron chi connectivity index (χ3n) is 7.48. The molecule has 36 heavy (non-hydrogen) atoms. The Morgan fingerprint density at radius 3 is 2.44 bits per heavy atom. The highest BCUT2D eigenvalue weighted by Gasteiger charge is 2.39. The maximum Gasteiger partial charge on any atom is 0.256 e. The van der Waals surface area contributed by atoms with Crippen LogP contribution in [0.1, 0.15) is 22.8 Å². The van der Waals surface area contributed by atoms with E-state index in [1.54, 1.807) is 11.0 Å². The minimum absolute atomic E-state index is 0.163. The summed E-state index contributed by atoms with van der Waals surface area (Å²) in [5, 5.41) is 11.0. The number of nitrogens with zero attached hydrogens (tertiary/aromatic N) is 3. The first kappa shape index (κ1) is 23.5. The molecule has 0 radical (unpaired) electrons. The van der Waals surface area contributed by atoms with Crippen molar-refractivity contribution in [2.24, 2.45) is 0 Å². The van der Waals surface area contributed by atoms with Crippen molar-refractivity contribution in [2.75, 3.05) is 53.0 Å². The molecule has 190 valence electrons. The van der Waals surface area contributed by atoms with Crippen molar-refractivity contribution in [3.05, 3.63) is 64.2 Å². The molecule has 1 unspecified atom stereocenters. The lowest BCUT2D eigenvalue weighted by Gasteiger charge is -2.29. The molecule has 6 rings (SSSR count). The summed E-state index contributed by atoms with van der Waals surface area (Å²) in [6, 6.07) is 10.5. The van der Waals surface area contributed by atoms with E-state index < -0.39 is 16.1 Å². The largest absolute Gasteiger partial charge is 0.486 e. The van der Waals surface area contributed by atoms with Gasteiger partial charge in [-0.15, -0.1) is 0 Å². The van der Waals surface area contributed by atoms with E-state index in [0.717, 1.165) is 41.8 Å². The molecule has 4 heterocycles. The van der Waals surface area contributed by atoms with Gasteiger partial charge < -0.3 is 24.4 Å². The molecule has 10 heteroatoms. The molecule has 1 atom stereocenters. The number of benzene rings is 2. The van der Waals surface area contributed by atoms with Crippen LogP contribution in [0, 0.1) is 0 Å². The first-order chi connectivity index (χ1) is 17.3. The first-order valence-corrected chi connectivity index (χ1v) is 13.6. The molecular formula is C26H29N3O6S. The number of carbonyl (C=O) groups excluding carboxylic acids is 1. The van der Waals surface area contributed by atoms with E-state index in [4.69, 9.17) is 9.47 Å². The Balaban J connectivity index is 1.13. The van der Waals surface area contributed by atoms with Crippen LogP contribution >= 0.6 is 0 Å². The Kier molecular flexibility index (Phi) is 5.79. The Labute approximate surface area is 210 Å². The monoisotopic (exact) mass is 511 g/mol. The van der Waals surface area contributed by atoms with Crippen molar-refractivity contribution in [2.45, 2.75) is 24.0 Å². The number of rotatable bonds is 4. The standard InChI is InChI=1S/C26H29N3O6S/c1-27-8-7-21-17(12-27)3-2-4-22(21)25(30)26(31)28-13-18-15-29(16-19(18)14-28)36(32,33)20-5-6-23-24(11-20)35-10-9-34-23/h2-6,11,25,30H,7-10,12-16H2,1H3. The maximum atomic E-state index is 13.3. The molecule has 9 nitrogen and oxygen atoms in total. The van der Waals surface area contributed by atoms with Crippen LogP contribution in [0.4, 0.5) is 0 Å². The van der Waals surface area contributed by atoms with Crippen LogP contribution in [0.2, 0.25) is 0 Å². The molecule has 0 aromatic heterocycles. The lowest BCUT2D eigenvalue weighted by molar-refractivity contribution is -0.139. The quantitative estimate of drug-likeness (QED) is 0.618. The van der Waals surface area contributed by atoms with Gasteiger partial charge >= 0.3 is 0 Å². The molecule has 0 aliphatic carbocycles. The zero-order valence-corrected chi connectivity index (χ0v) is 21.0. The number of likely N-dealkylation sites (N-methyl/N-ethyl adjacent to an activating group) is 1. The van der Waals surface area contributed by atoms with E-state index in [-0.39, 0.29) is 23.9 Å². The van der Waals surface area contributed by atoms with Crippen molar-refractivity contribution in [1.82, 2.24) is 14.1 Å². The fourth-order valence-electron chi connectivity index (χ4n) is 5.55. The second kappa shape index (κ2) is 8.88. The third kappa shape index (κ3) is 3.98. The average molecular weight is 512 g/mol. The van der Waals surface area contributed by atoms with Gasteiger partial charge in [0.1, 0.15) is 13.2 Å². The Hall–Kier alpha value is -2.92. The van der Waals surface area contributed by atoms with Crippen LogP contribution in [-0.4, -0.2) is 86.5 Å². The number of ether oxygens (including phenoxy) is 2. The Morgan fingerprint density at radius 1 is 0.972 bits per heavy atom. The van der Waals surface area contributed by atoms with E-state index in [0.29, 0.717) is 43.4 Å². The molecule has 0 spiro atoms. The van der Waals surface area contributed by atoms with Gasteiger partial charge in [-0.1, -0.05) is 18.2 Å². The average Bonchev–Trinajstić information content (AvgIpc) is 3.47. The summed E-state index contributed by atoms with van der Waals surface area (Å²) in [7, 11) is -1.67. The van der Waals surface area contributed by atoms with Crippen LogP contribution in [0.5, 0.6) is 11.5 Å². The van der Waals surface area contributed by atoms with Crippen LogP contribution < -0.4 is 9.47 Å². The van der Waals surface area contributed by atoms with Crippen molar-refractivity contribution >= 4 is 15.9 Å². The number of amides is 1. The van der Waals surface area contributed by atoms with Gasteiger partial charge in [0.25, 0.3) is 5.91 Å². The second-order valence-corrected chi connectivity index (χ2v) is 11.8. The highest BCUT2D eigenvalue weighted by atomic mass is 32.2. The third-order valence-corrected chi connectivity index (χ3v) is 9.27. The fraction of sp³-hybridized carbons (Fsp3) is 0.423. The highest BCUT2D eigenvalue weighted by Crippen LogP contribution is 2.36. The summed E-state index contributed by atoms with van der Waals surface area (Å²) in [5.74, 6) is 0.641. The van der Waals surface area contributed by atoms with Crippen molar-refractivity contribution in [3.8, 4) is 11.5 Å². The minimum atomic E-state index is -3.73. The van der Waals surface area contributed by atoms with Gasteiger partial charge in [0.15, 0.2) is 17.6 Å². The van der Waals surface area contributed by atoms with E-state index in [9.17, 15) is 18.3 Å². The Bertz CT molecular complexity index is 1350. The number of carbonyl (C=O) groups is 1. The number of aliphatic hydroxyl groups is 1. The van der Waals surface area contributed by atoms with Crippen molar-refractivity contribution in [3.63, 3.8) is 0 Å². The first-order valence-electron chi connectivity index (χ1n) is 12.2. The summed E-state index contributed by atoms with van der Waals surface area (Å²) in [5.41, 5.74) is 4.74.